The van der Waals surface area contributed by atoms with Crippen molar-refractivity contribution in [2.75, 3.05) is 0 Å². The molecule has 0 saturated heterocycles. The van der Waals surface area contributed by atoms with Crippen LogP contribution >= 0.6 is 11.6 Å². The Bertz CT molecular complexity index is 873. The molecule has 0 atom stereocenters. The number of hydrogen-bond acceptors (Lipinski definition) is 2. The number of carbonyl (C=O) groups excluding carboxylic acids is 1. The Morgan fingerprint density at radius 1 is 1.24 bits per heavy atom. The van der Waals surface area contributed by atoms with Crippen molar-refractivity contribution in [3.8, 4) is 0 Å². The average molecular weight is 307 g/mol. The number of aromatic amines is 1. The van der Waals surface area contributed by atoms with Gasteiger partial charge >= 0.3 is 0 Å². The molecule has 3 aromatic rings. The standard InChI is InChI=1S/C15H9ClF2N2O/c1-7-4-8(12(18)5-11(7)17)14(21)9-6-20-15-13(9)10(16)2-3-19-15/h2-6H,1H3,(H,19,20). The fraction of sp³-hybridized carbons (Fsp3) is 0.0667. The van der Waals surface area contributed by atoms with Crippen molar-refractivity contribution in [1.82, 2.24) is 9.97 Å². The summed E-state index contributed by atoms with van der Waals surface area (Å²) in [6, 6.07) is 3.44. The third-order valence-electron chi connectivity index (χ3n) is 3.26. The predicted octanol–water partition coefficient (Wildman–Crippen LogP) is 4.03. The van der Waals surface area contributed by atoms with Crippen LogP contribution in [0.15, 0.2) is 30.6 Å². The highest BCUT2D eigenvalue weighted by Gasteiger charge is 2.21. The number of H-pyrrole nitrogens is 1. The van der Waals surface area contributed by atoms with Crippen LogP contribution < -0.4 is 0 Å². The molecule has 21 heavy (non-hydrogen) atoms. The summed E-state index contributed by atoms with van der Waals surface area (Å²) >= 11 is 6.07. The quantitative estimate of drug-likeness (QED) is 0.726. The summed E-state index contributed by atoms with van der Waals surface area (Å²) in [6.07, 6.45) is 2.92. The van der Waals surface area contributed by atoms with E-state index in [0.29, 0.717) is 22.1 Å². The van der Waals surface area contributed by atoms with Crippen LogP contribution in [0, 0.1) is 18.6 Å². The highest BCUT2D eigenvalue weighted by Crippen LogP contribution is 2.28. The number of pyridine rings is 1. The lowest BCUT2D eigenvalue weighted by Crippen LogP contribution is -2.05. The van der Waals surface area contributed by atoms with E-state index >= 15 is 0 Å². The maximum Gasteiger partial charge on any atom is 0.198 e. The molecule has 1 N–H and O–H groups in total. The Hall–Kier alpha value is -2.27. The number of aromatic nitrogens is 2. The minimum Gasteiger partial charge on any atom is -0.345 e. The molecule has 0 aliphatic rings. The van der Waals surface area contributed by atoms with Gasteiger partial charge in [-0.1, -0.05) is 11.6 Å². The molecule has 0 fully saturated rings. The summed E-state index contributed by atoms with van der Waals surface area (Å²) in [4.78, 5) is 19.3. The molecule has 2 heterocycles. The van der Waals surface area contributed by atoms with Crippen LogP contribution in [0.2, 0.25) is 5.02 Å². The van der Waals surface area contributed by atoms with Crippen LogP contribution in [-0.2, 0) is 0 Å². The van der Waals surface area contributed by atoms with Gasteiger partial charge in [-0.15, -0.1) is 0 Å². The molecule has 0 spiro atoms. The number of hydrogen-bond donors (Lipinski definition) is 1. The van der Waals surface area contributed by atoms with E-state index in [-0.39, 0.29) is 16.7 Å². The molecular weight excluding hydrogens is 298 g/mol. The highest BCUT2D eigenvalue weighted by molar-refractivity contribution is 6.37. The second-order valence-electron chi connectivity index (χ2n) is 4.63. The number of rotatable bonds is 2. The first-order valence-electron chi connectivity index (χ1n) is 6.11. The number of ketones is 1. The molecule has 6 heteroatoms. The molecule has 3 rings (SSSR count). The molecule has 106 valence electrons. The lowest BCUT2D eigenvalue weighted by atomic mass is 10.0. The second kappa shape index (κ2) is 4.93. The third-order valence-corrected chi connectivity index (χ3v) is 3.58. The van der Waals surface area contributed by atoms with E-state index in [1.807, 2.05) is 0 Å². The van der Waals surface area contributed by atoms with Crippen molar-refractivity contribution < 1.29 is 13.6 Å². The zero-order valence-electron chi connectivity index (χ0n) is 10.9. The number of nitrogens with zero attached hydrogens (tertiary/aromatic N) is 1. The molecule has 0 saturated carbocycles. The third kappa shape index (κ3) is 2.19. The van der Waals surface area contributed by atoms with Crippen molar-refractivity contribution >= 4 is 28.4 Å². The van der Waals surface area contributed by atoms with E-state index in [0.717, 1.165) is 0 Å². The van der Waals surface area contributed by atoms with Gasteiger partial charge in [-0.25, -0.2) is 13.8 Å². The van der Waals surface area contributed by atoms with E-state index in [1.54, 1.807) is 6.07 Å². The Balaban J connectivity index is 2.20. The van der Waals surface area contributed by atoms with Crippen LogP contribution in [0.25, 0.3) is 11.0 Å². The first kappa shape index (κ1) is 13.7. The zero-order chi connectivity index (χ0) is 15.1. The van der Waals surface area contributed by atoms with Crippen molar-refractivity contribution in [1.29, 1.82) is 0 Å². The van der Waals surface area contributed by atoms with E-state index < -0.39 is 17.4 Å². The fourth-order valence-corrected chi connectivity index (χ4v) is 2.42. The fourth-order valence-electron chi connectivity index (χ4n) is 2.17. The summed E-state index contributed by atoms with van der Waals surface area (Å²) in [7, 11) is 0. The average Bonchev–Trinajstić information content (AvgIpc) is 2.87. The molecule has 0 unspecified atom stereocenters. The molecule has 2 aromatic heterocycles. The molecule has 0 bridgehead atoms. The first-order chi connectivity index (χ1) is 9.99. The number of benzene rings is 1. The SMILES string of the molecule is Cc1cc(C(=O)c2c[nH]c3nccc(Cl)c23)c(F)cc1F. The van der Waals surface area contributed by atoms with Gasteiger partial charge in [0, 0.05) is 23.8 Å². The van der Waals surface area contributed by atoms with Gasteiger partial charge in [0.05, 0.1) is 16.1 Å². The number of carbonyl (C=O) groups is 1. The predicted molar refractivity (Wildman–Crippen MR) is 75.6 cm³/mol. The van der Waals surface area contributed by atoms with Gasteiger partial charge in [0.25, 0.3) is 0 Å². The summed E-state index contributed by atoms with van der Waals surface area (Å²) in [6.45, 7) is 1.47. The van der Waals surface area contributed by atoms with Crippen molar-refractivity contribution in [2.45, 2.75) is 6.92 Å². The summed E-state index contributed by atoms with van der Waals surface area (Å²) in [5.74, 6) is -2.17. The minimum absolute atomic E-state index is 0.198. The van der Waals surface area contributed by atoms with Crippen LogP contribution in [0.5, 0.6) is 0 Å². The Morgan fingerprint density at radius 2 is 2.00 bits per heavy atom. The van der Waals surface area contributed by atoms with Gasteiger partial charge in [0.1, 0.15) is 17.3 Å². The summed E-state index contributed by atoms with van der Waals surface area (Å²) in [5, 5.41) is 0.759. The zero-order valence-corrected chi connectivity index (χ0v) is 11.6. The second-order valence-corrected chi connectivity index (χ2v) is 5.04. The number of fused-ring (bicyclic) bond motifs is 1. The Labute approximate surface area is 123 Å². The van der Waals surface area contributed by atoms with Crippen LogP contribution in [-0.4, -0.2) is 15.8 Å². The smallest absolute Gasteiger partial charge is 0.198 e. The van der Waals surface area contributed by atoms with Crippen LogP contribution in [0.3, 0.4) is 0 Å². The van der Waals surface area contributed by atoms with Gasteiger partial charge in [-0.05, 0) is 24.6 Å². The van der Waals surface area contributed by atoms with Crippen molar-refractivity contribution in [2.24, 2.45) is 0 Å². The molecular formula is C15H9ClF2N2O. The highest BCUT2D eigenvalue weighted by atomic mass is 35.5. The van der Waals surface area contributed by atoms with E-state index in [4.69, 9.17) is 11.6 Å². The maximum absolute atomic E-state index is 13.9. The van der Waals surface area contributed by atoms with Gasteiger partial charge in [0.2, 0.25) is 0 Å². The first-order valence-corrected chi connectivity index (χ1v) is 6.48. The number of aryl methyl sites for hydroxylation is 1. The van der Waals surface area contributed by atoms with E-state index in [9.17, 15) is 13.6 Å². The van der Waals surface area contributed by atoms with Gasteiger partial charge in [0.15, 0.2) is 5.78 Å². The van der Waals surface area contributed by atoms with Gasteiger partial charge in [-0.2, -0.15) is 0 Å². The lowest BCUT2D eigenvalue weighted by molar-refractivity contribution is 0.103. The molecule has 1 aromatic carbocycles. The summed E-state index contributed by atoms with van der Waals surface area (Å²) in [5.41, 5.74) is 0.636. The maximum atomic E-state index is 13.9. The molecule has 3 nitrogen and oxygen atoms in total. The van der Waals surface area contributed by atoms with Crippen LogP contribution in [0.1, 0.15) is 21.5 Å². The Morgan fingerprint density at radius 3 is 2.76 bits per heavy atom. The van der Waals surface area contributed by atoms with Gasteiger partial charge in [-0.3, -0.25) is 4.79 Å². The molecule has 0 radical (unpaired) electrons. The number of nitrogens with one attached hydrogen (secondary N) is 1. The molecule has 0 aliphatic heterocycles. The topological polar surface area (TPSA) is 45.8 Å². The monoisotopic (exact) mass is 306 g/mol. The van der Waals surface area contributed by atoms with E-state index in [2.05, 4.69) is 9.97 Å². The Kier molecular flexibility index (Phi) is 3.22. The minimum atomic E-state index is -0.905. The van der Waals surface area contributed by atoms with Crippen LogP contribution in [0.4, 0.5) is 8.78 Å². The lowest BCUT2D eigenvalue weighted by Gasteiger charge is -2.05. The van der Waals surface area contributed by atoms with Crippen molar-refractivity contribution in [3.63, 3.8) is 0 Å². The van der Waals surface area contributed by atoms with E-state index in [1.165, 1.54) is 25.4 Å². The number of halogens is 3. The normalized spacial score (nSPS) is 11.0. The summed E-state index contributed by atoms with van der Waals surface area (Å²) < 4.78 is 27.1. The molecule has 0 amide bonds. The van der Waals surface area contributed by atoms with Crippen molar-refractivity contribution in [3.05, 3.63) is 63.9 Å². The van der Waals surface area contributed by atoms with Gasteiger partial charge < -0.3 is 4.98 Å². The molecule has 0 aliphatic carbocycles. The largest absolute Gasteiger partial charge is 0.345 e.